The highest BCUT2D eigenvalue weighted by Gasteiger charge is 2.06. The molecular formula is C12H10BrClN2S. The molecule has 1 aromatic carbocycles. The van der Waals surface area contributed by atoms with Crippen molar-refractivity contribution < 1.29 is 0 Å². The Hall–Kier alpha value is -0.840. The van der Waals surface area contributed by atoms with Crippen LogP contribution in [0, 0.1) is 0 Å². The van der Waals surface area contributed by atoms with E-state index in [-0.39, 0.29) is 0 Å². The summed E-state index contributed by atoms with van der Waals surface area (Å²) in [5.74, 6) is 0. The van der Waals surface area contributed by atoms with Crippen LogP contribution in [0.25, 0.3) is 0 Å². The highest BCUT2D eigenvalue weighted by atomic mass is 79.9. The Morgan fingerprint density at radius 1 is 1.41 bits per heavy atom. The maximum absolute atomic E-state index is 6.17. The number of thiocarbonyl (C=S) groups is 1. The molecule has 0 amide bonds. The van der Waals surface area contributed by atoms with Crippen LogP contribution in [0.1, 0.15) is 11.3 Å². The zero-order chi connectivity index (χ0) is 12.4. The lowest BCUT2D eigenvalue weighted by Crippen LogP contribution is -2.15. The van der Waals surface area contributed by atoms with E-state index in [2.05, 4.69) is 15.9 Å². The third-order valence-corrected chi connectivity index (χ3v) is 3.49. The van der Waals surface area contributed by atoms with Gasteiger partial charge in [0, 0.05) is 22.2 Å². The predicted molar refractivity (Wildman–Crippen MR) is 78.6 cm³/mol. The molecule has 1 heterocycles. The molecule has 0 spiro atoms. The fourth-order valence-electron chi connectivity index (χ4n) is 1.61. The van der Waals surface area contributed by atoms with Crippen LogP contribution in [0.4, 0.5) is 0 Å². The van der Waals surface area contributed by atoms with Gasteiger partial charge < -0.3 is 10.3 Å². The Morgan fingerprint density at radius 3 is 2.82 bits per heavy atom. The zero-order valence-electron chi connectivity index (χ0n) is 8.86. The summed E-state index contributed by atoms with van der Waals surface area (Å²) in [5, 5.41) is 0.724. The Balaban J connectivity index is 2.31. The highest BCUT2D eigenvalue weighted by molar-refractivity contribution is 9.10. The summed E-state index contributed by atoms with van der Waals surface area (Å²) >= 11 is 14.5. The number of nitrogens with zero attached hydrogens (tertiary/aromatic N) is 1. The van der Waals surface area contributed by atoms with Gasteiger partial charge in [0.1, 0.15) is 4.99 Å². The Kier molecular flexibility index (Phi) is 3.86. The summed E-state index contributed by atoms with van der Waals surface area (Å²) in [6, 6.07) is 9.64. The molecule has 0 aliphatic heterocycles. The van der Waals surface area contributed by atoms with Crippen LogP contribution in [-0.4, -0.2) is 9.56 Å². The molecule has 17 heavy (non-hydrogen) atoms. The molecule has 0 radical (unpaired) electrons. The first-order valence-electron chi connectivity index (χ1n) is 4.97. The van der Waals surface area contributed by atoms with Crippen LogP contribution in [0.2, 0.25) is 5.02 Å². The van der Waals surface area contributed by atoms with E-state index >= 15 is 0 Å². The number of halogens is 2. The standard InChI is InChI=1S/C12H10BrClN2S/c13-9-4-3-8(10(14)6-9)7-16-5-1-2-11(16)12(15)17/h1-6H,7H2,(H2,15,17). The number of benzene rings is 1. The third kappa shape index (κ3) is 2.89. The Bertz CT molecular complexity index is 565. The van der Waals surface area contributed by atoms with Gasteiger partial charge in [-0.1, -0.05) is 45.8 Å². The van der Waals surface area contributed by atoms with E-state index in [1.807, 2.05) is 41.1 Å². The Labute approximate surface area is 119 Å². The van der Waals surface area contributed by atoms with Gasteiger partial charge in [0.05, 0.1) is 5.69 Å². The van der Waals surface area contributed by atoms with Crippen molar-refractivity contribution in [2.45, 2.75) is 6.54 Å². The zero-order valence-corrected chi connectivity index (χ0v) is 12.0. The van der Waals surface area contributed by atoms with Gasteiger partial charge in [0.25, 0.3) is 0 Å². The molecule has 2 nitrogen and oxygen atoms in total. The first kappa shape index (κ1) is 12.6. The number of nitrogens with two attached hydrogens (primary N) is 1. The second kappa shape index (κ2) is 5.21. The third-order valence-electron chi connectivity index (χ3n) is 2.44. The van der Waals surface area contributed by atoms with Gasteiger partial charge in [0.15, 0.2) is 0 Å². The van der Waals surface area contributed by atoms with E-state index in [4.69, 9.17) is 29.6 Å². The molecule has 0 aliphatic carbocycles. The van der Waals surface area contributed by atoms with Crippen molar-refractivity contribution in [2.24, 2.45) is 5.73 Å². The largest absolute Gasteiger partial charge is 0.388 e. The normalized spacial score (nSPS) is 10.5. The molecule has 0 unspecified atom stereocenters. The molecule has 5 heteroatoms. The Morgan fingerprint density at radius 2 is 2.18 bits per heavy atom. The van der Waals surface area contributed by atoms with Crippen molar-refractivity contribution in [1.29, 1.82) is 0 Å². The number of rotatable bonds is 3. The average molecular weight is 330 g/mol. The van der Waals surface area contributed by atoms with Gasteiger partial charge in [-0.25, -0.2) is 0 Å². The van der Waals surface area contributed by atoms with E-state index in [0.29, 0.717) is 11.5 Å². The summed E-state index contributed by atoms with van der Waals surface area (Å²) in [7, 11) is 0. The van der Waals surface area contributed by atoms with Crippen LogP contribution in [-0.2, 0) is 6.54 Å². The molecule has 1 aromatic heterocycles. The quantitative estimate of drug-likeness (QED) is 0.873. The average Bonchev–Trinajstić information content (AvgIpc) is 2.70. The van der Waals surface area contributed by atoms with Crippen molar-refractivity contribution in [3.8, 4) is 0 Å². The van der Waals surface area contributed by atoms with E-state index < -0.39 is 0 Å². The van der Waals surface area contributed by atoms with Crippen LogP contribution in [0.3, 0.4) is 0 Å². The van der Waals surface area contributed by atoms with Crippen molar-refractivity contribution >= 4 is 44.7 Å². The van der Waals surface area contributed by atoms with Gasteiger partial charge in [-0.3, -0.25) is 0 Å². The lowest BCUT2D eigenvalue weighted by molar-refractivity contribution is 0.798. The summed E-state index contributed by atoms with van der Waals surface area (Å²) in [5.41, 5.74) is 7.52. The van der Waals surface area contributed by atoms with Crippen molar-refractivity contribution in [2.75, 3.05) is 0 Å². The molecular weight excluding hydrogens is 320 g/mol. The van der Waals surface area contributed by atoms with Crippen LogP contribution in [0.15, 0.2) is 41.0 Å². The maximum Gasteiger partial charge on any atom is 0.120 e. The van der Waals surface area contributed by atoms with Gasteiger partial charge in [0.2, 0.25) is 0 Å². The van der Waals surface area contributed by atoms with Crippen molar-refractivity contribution in [3.63, 3.8) is 0 Å². The smallest absolute Gasteiger partial charge is 0.120 e. The first-order valence-corrected chi connectivity index (χ1v) is 6.54. The monoisotopic (exact) mass is 328 g/mol. The predicted octanol–water partition coefficient (Wildman–Crippen LogP) is 3.59. The maximum atomic E-state index is 6.17. The molecule has 2 aromatic rings. The van der Waals surface area contributed by atoms with Crippen LogP contribution in [0.5, 0.6) is 0 Å². The molecule has 2 N–H and O–H groups in total. The summed E-state index contributed by atoms with van der Waals surface area (Å²) in [4.78, 5) is 0.392. The molecule has 2 rings (SSSR count). The molecule has 0 fully saturated rings. The second-order valence-corrected chi connectivity index (χ2v) is 5.38. The molecule has 0 atom stereocenters. The van der Waals surface area contributed by atoms with Crippen molar-refractivity contribution in [3.05, 3.63) is 57.3 Å². The minimum Gasteiger partial charge on any atom is -0.388 e. The summed E-state index contributed by atoms with van der Waals surface area (Å²) in [6.07, 6.45) is 1.94. The lowest BCUT2D eigenvalue weighted by atomic mass is 10.2. The van der Waals surface area contributed by atoms with E-state index in [0.717, 1.165) is 20.8 Å². The first-order chi connectivity index (χ1) is 8.08. The van der Waals surface area contributed by atoms with Crippen molar-refractivity contribution in [1.82, 2.24) is 4.57 Å². The van der Waals surface area contributed by atoms with E-state index in [9.17, 15) is 0 Å². The SMILES string of the molecule is NC(=S)c1cccn1Cc1ccc(Br)cc1Cl. The number of hydrogen-bond acceptors (Lipinski definition) is 1. The molecule has 0 bridgehead atoms. The van der Waals surface area contributed by atoms with Gasteiger partial charge >= 0.3 is 0 Å². The van der Waals surface area contributed by atoms with Gasteiger partial charge in [-0.05, 0) is 29.8 Å². The second-order valence-electron chi connectivity index (χ2n) is 3.62. The van der Waals surface area contributed by atoms with E-state index in [1.165, 1.54) is 0 Å². The molecule has 88 valence electrons. The number of aromatic nitrogens is 1. The topological polar surface area (TPSA) is 30.9 Å². The van der Waals surface area contributed by atoms with Gasteiger partial charge in [-0.15, -0.1) is 0 Å². The lowest BCUT2D eigenvalue weighted by Gasteiger charge is -2.10. The van der Waals surface area contributed by atoms with Crippen LogP contribution < -0.4 is 5.73 Å². The minimum atomic E-state index is 0.392. The molecule has 0 saturated heterocycles. The molecule has 0 saturated carbocycles. The van der Waals surface area contributed by atoms with Gasteiger partial charge in [-0.2, -0.15) is 0 Å². The minimum absolute atomic E-state index is 0.392. The highest BCUT2D eigenvalue weighted by Crippen LogP contribution is 2.22. The summed E-state index contributed by atoms with van der Waals surface area (Å²) < 4.78 is 2.95. The fourth-order valence-corrected chi connectivity index (χ4v) is 2.53. The number of hydrogen-bond donors (Lipinski definition) is 1. The molecule has 0 aliphatic rings. The van der Waals surface area contributed by atoms with Crippen LogP contribution >= 0.6 is 39.7 Å². The van der Waals surface area contributed by atoms with E-state index in [1.54, 1.807) is 0 Å². The summed E-state index contributed by atoms with van der Waals surface area (Å²) in [6.45, 7) is 0.659. The fraction of sp³-hybridized carbons (Fsp3) is 0.0833.